The van der Waals surface area contributed by atoms with Gasteiger partial charge >= 0.3 is 5.69 Å². The number of pyridine rings is 2. The van der Waals surface area contributed by atoms with Crippen LogP contribution in [-0.4, -0.2) is 28.9 Å². The molecule has 1 aliphatic carbocycles. The number of hydrogen-bond donors (Lipinski definition) is 0. The first-order valence-electron chi connectivity index (χ1n) is 10.7. The average molecular weight is 410 g/mol. The second kappa shape index (κ2) is 6.91. The number of rotatable bonds is 3. The van der Waals surface area contributed by atoms with Crippen LogP contribution in [0.5, 0.6) is 0 Å². The minimum atomic E-state index is 0.0480. The highest BCUT2D eigenvalue weighted by Crippen LogP contribution is 2.34. The number of aryl methyl sites for hydroxylation is 1. The lowest BCUT2D eigenvalue weighted by atomic mass is 10.0. The molecule has 0 N–H and O–H groups in total. The first-order chi connectivity index (χ1) is 15.2. The van der Waals surface area contributed by atoms with E-state index < -0.39 is 0 Å². The second-order valence-electron chi connectivity index (χ2n) is 8.23. The maximum atomic E-state index is 13.1. The Kier molecular flexibility index (Phi) is 4.02. The fourth-order valence-corrected chi connectivity index (χ4v) is 4.80. The third-order valence-corrected chi connectivity index (χ3v) is 6.43. The second-order valence-corrected chi connectivity index (χ2v) is 8.23. The van der Waals surface area contributed by atoms with Crippen molar-refractivity contribution in [1.82, 2.24) is 28.9 Å². The van der Waals surface area contributed by atoms with Gasteiger partial charge in [0.05, 0.1) is 22.7 Å². The van der Waals surface area contributed by atoms with Gasteiger partial charge in [-0.25, -0.2) is 14.5 Å². The zero-order chi connectivity index (χ0) is 20.9. The highest BCUT2D eigenvalue weighted by Gasteiger charge is 2.24. The van der Waals surface area contributed by atoms with E-state index in [1.807, 2.05) is 54.5 Å². The Morgan fingerprint density at radius 3 is 2.58 bits per heavy atom. The van der Waals surface area contributed by atoms with E-state index in [-0.39, 0.29) is 11.7 Å². The summed E-state index contributed by atoms with van der Waals surface area (Å²) in [4.78, 5) is 22.3. The molecule has 5 aromatic rings. The predicted molar refractivity (Wildman–Crippen MR) is 120 cm³/mol. The van der Waals surface area contributed by atoms with Crippen LogP contribution in [0.15, 0.2) is 66.0 Å². The van der Waals surface area contributed by atoms with Crippen LogP contribution in [0, 0.1) is 0 Å². The zero-order valence-electron chi connectivity index (χ0n) is 17.3. The number of nitrogens with zero attached hydrogens (tertiary/aromatic N) is 6. The van der Waals surface area contributed by atoms with E-state index in [2.05, 4.69) is 27.2 Å². The summed E-state index contributed by atoms with van der Waals surface area (Å²) in [5.41, 5.74) is 4.89. The number of benzene rings is 1. The number of fused-ring (bicyclic) bond motifs is 3. The Bertz CT molecular complexity index is 1450. The lowest BCUT2D eigenvalue weighted by Crippen LogP contribution is -2.24. The Morgan fingerprint density at radius 2 is 1.84 bits per heavy atom. The van der Waals surface area contributed by atoms with Crippen molar-refractivity contribution in [3.63, 3.8) is 0 Å². The Labute approximate surface area is 178 Å². The molecule has 7 heteroatoms. The molecule has 1 aliphatic rings. The molecule has 0 amide bonds. The SMILES string of the molecule is Cn1c(=O)n(C2CCCC2)c2c3cc(-c4ccc(-n5cccn5)nc4)ccc3ncc21. The largest absolute Gasteiger partial charge is 0.329 e. The molecule has 0 atom stereocenters. The van der Waals surface area contributed by atoms with Gasteiger partial charge < -0.3 is 0 Å². The minimum Gasteiger partial charge on any atom is -0.293 e. The fraction of sp³-hybridized carbons (Fsp3) is 0.250. The van der Waals surface area contributed by atoms with Crippen LogP contribution >= 0.6 is 0 Å². The zero-order valence-corrected chi connectivity index (χ0v) is 17.3. The summed E-state index contributed by atoms with van der Waals surface area (Å²) < 4.78 is 5.48. The molecule has 1 aromatic carbocycles. The van der Waals surface area contributed by atoms with Gasteiger partial charge in [-0.05, 0) is 48.7 Å². The topological polar surface area (TPSA) is 70.5 Å². The molecule has 0 saturated heterocycles. The van der Waals surface area contributed by atoms with Gasteiger partial charge in [0.2, 0.25) is 0 Å². The molecule has 6 rings (SSSR count). The van der Waals surface area contributed by atoms with Crippen LogP contribution in [0.1, 0.15) is 31.7 Å². The average Bonchev–Trinajstić information content (AvgIpc) is 3.56. The van der Waals surface area contributed by atoms with Crippen LogP contribution in [0.4, 0.5) is 0 Å². The molecule has 0 bridgehead atoms. The van der Waals surface area contributed by atoms with E-state index >= 15 is 0 Å². The van der Waals surface area contributed by atoms with Gasteiger partial charge in [0, 0.05) is 42.6 Å². The maximum Gasteiger partial charge on any atom is 0.329 e. The highest BCUT2D eigenvalue weighted by atomic mass is 16.1. The van der Waals surface area contributed by atoms with E-state index in [0.717, 1.165) is 51.7 Å². The van der Waals surface area contributed by atoms with E-state index in [0.29, 0.717) is 0 Å². The smallest absolute Gasteiger partial charge is 0.293 e. The van der Waals surface area contributed by atoms with Gasteiger partial charge in [0.25, 0.3) is 0 Å². The Morgan fingerprint density at radius 1 is 1.00 bits per heavy atom. The monoisotopic (exact) mass is 410 g/mol. The van der Waals surface area contributed by atoms with Gasteiger partial charge in [-0.3, -0.25) is 14.1 Å². The van der Waals surface area contributed by atoms with Crippen molar-refractivity contribution in [1.29, 1.82) is 0 Å². The summed E-state index contributed by atoms with van der Waals surface area (Å²) >= 11 is 0. The molecule has 0 aliphatic heterocycles. The summed E-state index contributed by atoms with van der Waals surface area (Å²) in [5.74, 6) is 0.775. The summed E-state index contributed by atoms with van der Waals surface area (Å²) in [6.45, 7) is 0. The number of hydrogen-bond acceptors (Lipinski definition) is 4. The van der Waals surface area contributed by atoms with Crippen molar-refractivity contribution in [2.45, 2.75) is 31.7 Å². The Balaban J connectivity index is 1.54. The van der Waals surface area contributed by atoms with Crippen molar-refractivity contribution < 1.29 is 0 Å². The van der Waals surface area contributed by atoms with E-state index in [1.54, 1.807) is 15.4 Å². The molecule has 154 valence electrons. The fourth-order valence-electron chi connectivity index (χ4n) is 4.80. The molecule has 1 fully saturated rings. The van der Waals surface area contributed by atoms with Crippen molar-refractivity contribution in [3.8, 4) is 16.9 Å². The van der Waals surface area contributed by atoms with Crippen LogP contribution in [0.2, 0.25) is 0 Å². The lowest BCUT2D eigenvalue weighted by molar-refractivity contribution is 0.510. The Hall–Kier alpha value is -3.74. The quantitative estimate of drug-likeness (QED) is 0.446. The molecule has 4 aromatic heterocycles. The lowest BCUT2D eigenvalue weighted by Gasteiger charge is -2.13. The summed E-state index contributed by atoms with van der Waals surface area (Å²) in [6, 6.07) is 12.4. The molecule has 0 spiro atoms. The number of imidazole rings is 1. The van der Waals surface area contributed by atoms with Gasteiger partial charge in [-0.1, -0.05) is 18.9 Å². The van der Waals surface area contributed by atoms with Crippen molar-refractivity contribution in [2.24, 2.45) is 7.05 Å². The maximum absolute atomic E-state index is 13.1. The molecule has 0 unspecified atom stereocenters. The summed E-state index contributed by atoms with van der Waals surface area (Å²) in [6.07, 6.45) is 11.8. The molecule has 1 saturated carbocycles. The highest BCUT2D eigenvalue weighted by molar-refractivity contribution is 6.04. The van der Waals surface area contributed by atoms with Crippen LogP contribution < -0.4 is 5.69 Å². The normalized spacial score (nSPS) is 14.7. The van der Waals surface area contributed by atoms with Crippen LogP contribution in [-0.2, 0) is 7.05 Å². The van der Waals surface area contributed by atoms with Gasteiger partial charge in [-0.15, -0.1) is 0 Å². The summed E-state index contributed by atoms with van der Waals surface area (Å²) in [7, 11) is 1.84. The van der Waals surface area contributed by atoms with E-state index in [4.69, 9.17) is 0 Å². The first-order valence-corrected chi connectivity index (χ1v) is 10.7. The number of aromatic nitrogens is 6. The third kappa shape index (κ3) is 2.80. The van der Waals surface area contributed by atoms with Crippen molar-refractivity contribution >= 4 is 21.9 Å². The van der Waals surface area contributed by atoms with Gasteiger partial charge in [0.1, 0.15) is 0 Å². The first kappa shape index (κ1) is 18.1. The molecule has 31 heavy (non-hydrogen) atoms. The molecule has 7 nitrogen and oxygen atoms in total. The predicted octanol–water partition coefficient (Wildman–Crippen LogP) is 4.25. The molecular weight excluding hydrogens is 388 g/mol. The van der Waals surface area contributed by atoms with Crippen molar-refractivity contribution in [2.75, 3.05) is 0 Å². The standard InChI is InChI=1S/C24H22N6O/c1-28-21-15-25-20-9-7-16(17-8-10-22(26-14-17)29-12-4-11-27-29)13-19(20)23(21)30(24(28)31)18-5-2-3-6-18/h4,7-15,18H,2-3,5-6H2,1H3. The third-order valence-electron chi connectivity index (χ3n) is 6.43. The molecule has 0 radical (unpaired) electrons. The van der Waals surface area contributed by atoms with Crippen LogP contribution in [0.25, 0.3) is 38.9 Å². The van der Waals surface area contributed by atoms with Gasteiger partial charge in [-0.2, -0.15) is 5.10 Å². The summed E-state index contributed by atoms with van der Waals surface area (Å²) in [5, 5.41) is 5.24. The minimum absolute atomic E-state index is 0.0480. The van der Waals surface area contributed by atoms with Crippen LogP contribution in [0.3, 0.4) is 0 Å². The molecule has 4 heterocycles. The van der Waals surface area contributed by atoms with E-state index in [1.165, 1.54) is 12.8 Å². The van der Waals surface area contributed by atoms with Gasteiger partial charge in [0.15, 0.2) is 5.82 Å². The van der Waals surface area contributed by atoms with E-state index in [9.17, 15) is 4.79 Å². The van der Waals surface area contributed by atoms with Crippen molar-refractivity contribution in [3.05, 3.63) is 71.7 Å². The molecular formula is C24H22N6O.